The molecule has 0 aromatic carbocycles. The molecule has 4 amide bonds. The van der Waals surface area contributed by atoms with Gasteiger partial charge in [-0.15, -0.1) is 0 Å². The third kappa shape index (κ3) is 29.2. The summed E-state index contributed by atoms with van der Waals surface area (Å²) >= 11 is 0. The first-order valence-corrected chi connectivity index (χ1v) is 17.4. The Morgan fingerprint density at radius 1 is 0.545 bits per heavy atom. The van der Waals surface area contributed by atoms with Gasteiger partial charge in [0.1, 0.15) is 18.1 Å². The number of ether oxygens (including phenoxy) is 4. The Balaban J connectivity index is -0.000000690. The first kappa shape index (κ1) is 45.6. The van der Waals surface area contributed by atoms with Crippen LogP contribution < -0.4 is 21.7 Å². The van der Waals surface area contributed by atoms with Crippen LogP contribution in [0.2, 0.25) is 0 Å². The van der Waals surface area contributed by atoms with Crippen LogP contribution in [0.5, 0.6) is 0 Å². The van der Waals surface area contributed by atoms with Gasteiger partial charge in [0.15, 0.2) is 0 Å². The van der Waals surface area contributed by atoms with Crippen LogP contribution in [0.25, 0.3) is 0 Å². The van der Waals surface area contributed by atoms with E-state index in [2.05, 4.69) is 40.6 Å². The van der Waals surface area contributed by atoms with Crippen LogP contribution >= 0.6 is 43.2 Å². The van der Waals surface area contributed by atoms with Gasteiger partial charge in [0.05, 0.1) is 34.9 Å². The summed E-state index contributed by atoms with van der Waals surface area (Å²) in [5.41, 5.74) is 4.47. The molecule has 0 aliphatic heterocycles. The summed E-state index contributed by atoms with van der Waals surface area (Å²) in [5.74, 6) is -1.63. The first-order valence-electron chi connectivity index (χ1n) is 12.4. The van der Waals surface area contributed by atoms with E-state index >= 15 is 0 Å². The Hall–Kier alpha value is -2.84. The smallest absolute Gasteiger partial charge is 0.329 e. The molecule has 0 fully saturated rings. The highest BCUT2D eigenvalue weighted by molar-refractivity contribution is 8.77. The number of rotatable bonds is 17. The lowest BCUT2D eigenvalue weighted by molar-refractivity contribution is -0.144. The van der Waals surface area contributed by atoms with E-state index in [1.54, 1.807) is 0 Å². The van der Waals surface area contributed by atoms with Crippen molar-refractivity contribution in [3.8, 4) is 0 Å². The summed E-state index contributed by atoms with van der Waals surface area (Å²) in [6.45, 7) is 5.25. The van der Waals surface area contributed by atoms with Crippen molar-refractivity contribution in [1.82, 2.24) is 16.0 Å². The van der Waals surface area contributed by atoms with Crippen molar-refractivity contribution in [2.75, 3.05) is 51.5 Å². The van der Waals surface area contributed by atoms with Crippen LogP contribution in [-0.4, -0.2) is 117 Å². The van der Waals surface area contributed by atoms with E-state index in [1.165, 1.54) is 99.3 Å². The zero-order valence-corrected chi connectivity index (χ0v) is 29.1. The molecule has 0 rings (SSSR count). The number of carbonyl (C=O) groups is 8. The first-order chi connectivity index (χ1) is 20.5. The van der Waals surface area contributed by atoms with E-state index < -0.39 is 36.0 Å². The van der Waals surface area contributed by atoms with Gasteiger partial charge in [-0.05, 0) is 0 Å². The Kier molecular flexibility index (Phi) is 29.9. The number of hydrogen-bond donors (Lipinski definition) is 4. The quantitative estimate of drug-likeness (QED) is 0.0665. The van der Waals surface area contributed by atoms with Crippen molar-refractivity contribution in [2.24, 2.45) is 5.73 Å². The molecular weight excluding hydrogens is 665 g/mol. The van der Waals surface area contributed by atoms with Crippen molar-refractivity contribution in [3.63, 3.8) is 0 Å². The van der Waals surface area contributed by atoms with Gasteiger partial charge in [-0.2, -0.15) is 0 Å². The minimum Gasteiger partial charge on any atom is -0.469 e. The summed E-state index contributed by atoms with van der Waals surface area (Å²) in [4.78, 5) is 87.3. The highest BCUT2D eigenvalue weighted by Crippen LogP contribution is 2.24. The fraction of sp³-hybridized carbons (Fsp3) is 0.667. The van der Waals surface area contributed by atoms with Crippen LogP contribution in [0.3, 0.4) is 0 Å². The van der Waals surface area contributed by atoms with E-state index in [9.17, 15) is 38.4 Å². The van der Waals surface area contributed by atoms with Crippen LogP contribution in [0.4, 0.5) is 0 Å². The number of amides is 4. The van der Waals surface area contributed by atoms with Crippen molar-refractivity contribution in [2.45, 2.75) is 52.2 Å². The lowest BCUT2D eigenvalue weighted by atomic mass is 10.3. The van der Waals surface area contributed by atoms with Gasteiger partial charge in [0.25, 0.3) is 0 Å². The lowest BCUT2D eigenvalue weighted by Crippen LogP contribution is -2.43. The molecule has 0 radical (unpaired) electrons. The lowest BCUT2D eigenvalue weighted by Gasteiger charge is -2.16. The highest BCUT2D eigenvalue weighted by atomic mass is 33.1. The molecule has 0 spiro atoms. The molecule has 16 nitrogen and oxygen atoms in total. The van der Waals surface area contributed by atoms with Gasteiger partial charge in [0.2, 0.25) is 23.6 Å². The number of primary amides is 1. The van der Waals surface area contributed by atoms with Gasteiger partial charge in [-0.25, -0.2) is 14.4 Å². The van der Waals surface area contributed by atoms with Crippen molar-refractivity contribution in [3.05, 3.63) is 0 Å². The largest absolute Gasteiger partial charge is 0.469 e. The van der Waals surface area contributed by atoms with Gasteiger partial charge < -0.3 is 40.6 Å². The fourth-order valence-corrected chi connectivity index (χ4v) is 6.72. The predicted molar refractivity (Wildman–Crippen MR) is 170 cm³/mol. The summed E-state index contributed by atoms with van der Waals surface area (Å²) in [5, 5.41) is 7.45. The Bertz CT molecular complexity index is 901. The number of nitrogens with one attached hydrogen (secondary N) is 3. The molecular formula is C24H42N4O12S4. The monoisotopic (exact) mass is 706 g/mol. The minimum absolute atomic E-state index is 0.269. The molecule has 0 aliphatic rings. The van der Waals surface area contributed by atoms with E-state index in [0.29, 0.717) is 17.9 Å². The molecule has 3 atom stereocenters. The van der Waals surface area contributed by atoms with Crippen molar-refractivity contribution in [1.29, 1.82) is 0 Å². The number of nitrogens with two attached hydrogens (primary N) is 1. The zero-order chi connectivity index (χ0) is 34.7. The predicted octanol–water partition coefficient (Wildman–Crippen LogP) is -0.177. The summed E-state index contributed by atoms with van der Waals surface area (Å²) < 4.78 is 18.3. The summed E-state index contributed by atoms with van der Waals surface area (Å²) in [7, 11) is 10.5. The topological polar surface area (TPSA) is 236 Å². The second-order valence-corrected chi connectivity index (χ2v) is 13.1. The second-order valence-electron chi connectivity index (χ2n) is 7.94. The summed E-state index contributed by atoms with van der Waals surface area (Å²) in [6.07, 6.45) is 0.317. The molecule has 0 aliphatic carbocycles. The molecule has 44 heavy (non-hydrogen) atoms. The van der Waals surface area contributed by atoms with Gasteiger partial charge in [-0.3, -0.25) is 24.0 Å². The van der Waals surface area contributed by atoms with Crippen LogP contribution in [0, 0.1) is 0 Å². The van der Waals surface area contributed by atoms with Crippen LogP contribution in [0.15, 0.2) is 0 Å². The van der Waals surface area contributed by atoms with Gasteiger partial charge in [0, 0.05) is 50.7 Å². The molecule has 0 saturated carbocycles. The molecule has 0 aromatic rings. The highest BCUT2D eigenvalue weighted by Gasteiger charge is 2.23. The van der Waals surface area contributed by atoms with Crippen molar-refractivity contribution >= 4 is 90.7 Å². The molecule has 2 unspecified atom stereocenters. The second kappa shape index (κ2) is 28.9. The molecule has 254 valence electrons. The van der Waals surface area contributed by atoms with Gasteiger partial charge in [-0.1, -0.05) is 43.2 Å². The maximum absolute atomic E-state index is 11.5. The Morgan fingerprint density at radius 3 is 1.05 bits per heavy atom. The average molecular weight is 707 g/mol. The Labute approximate surface area is 272 Å². The van der Waals surface area contributed by atoms with Crippen LogP contribution in [0.1, 0.15) is 34.1 Å². The fourth-order valence-electron chi connectivity index (χ4n) is 2.30. The number of hydrogen-bond acceptors (Lipinski definition) is 16. The SMILES string of the molecule is CC(N)=O.COC(=O)C(CSSCC(NC(C)=O)C(=O)OC)NC(C)=O.COC(=O)CCSSC[C@H](NC(C)=O)C(=O)OC. The Morgan fingerprint density at radius 2 is 0.818 bits per heavy atom. The number of methoxy groups -OCH3 is 4. The third-order valence-electron chi connectivity index (χ3n) is 4.08. The molecule has 20 heteroatoms. The molecule has 0 aromatic heterocycles. The summed E-state index contributed by atoms with van der Waals surface area (Å²) in [6, 6.07) is -2.20. The maximum atomic E-state index is 11.5. The maximum Gasteiger partial charge on any atom is 0.329 e. The number of carbonyl (C=O) groups excluding carboxylic acids is 8. The molecule has 5 N–H and O–H groups in total. The standard InChI is InChI=1S/C12H20N2O6S2.C10H17NO5S2.C2H5NO/c1-7(15)13-9(11(17)19-3)5-21-22-6-10(12(18)20-4)14-8(2)16;1-7(12)11-8(10(14)16-3)6-18-17-5-4-9(13)15-2;1-2(3)4/h9-10H,5-6H2,1-4H3,(H,13,15)(H,14,16);8H,4-6H2,1-3H3,(H,11,12);1H3,(H2,3,4)/t;8-;/m.0./s1. The third-order valence-corrected chi connectivity index (χ3v) is 8.91. The van der Waals surface area contributed by atoms with E-state index in [0.717, 1.165) is 0 Å². The molecule has 0 bridgehead atoms. The minimum atomic E-state index is -0.766. The average Bonchev–Trinajstić information content (AvgIpc) is 2.95. The zero-order valence-electron chi connectivity index (χ0n) is 25.9. The van der Waals surface area contributed by atoms with Crippen molar-refractivity contribution < 1.29 is 57.3 Å². The van der Waals surface area contributed by atoms with E-state index in [-0.39, 0.29) is 41.1 Å². The normalized spacial score (nSPS) is 11.6. The van der Waals surface area contributed by atoms with Crippen LogP contribution in [-0.2, 0) is 57.3 Å². The molecule has 0 saturated heterocycles. The molecule has 0 heterocycles. The van der Waals surface area contributed by atoms with Gasteiger partial charge >= 0.3 is 23.9 Å². The number of esters is 4. The van der Waals surface area contributed by atoms with E-state index in [4.69, 9.17) is 0 Å². The van der Waals surface area contributed by atoms with E-state index in [1.807, 2.05) is 0 Å².